The maximum Gasteiger partial charge on any atom is 0.163 e. The summed E-state index contributed by atoms with van der Waals surface area (Å²) in [6, 6.07) is 5.04. The number of halogens is 2. The van der Waals surface area contributed by atoms with Crippen LogP contribution in [0.25, 0.3) is 0 Å². The number of benzene rings is 1. The van der Waals surface area contributed by atoms with Gasteiger partial charge >= 0.3 is 0 Å². The minimum absolute atomic E-state index is 0.141. The van der Waals surface area contributed by atoms with Crippen molar-refractivity contribution in [3.8, 4) is 0 Å². The van der Waals surface area contributed by atoms with Crippen LogP contribution in [-0.4, -0.2) is 5.78 Å². The molecule has 1 aromatic rings. The third kappa shape index (κ3) is 4.99. The maximum absolute atomic E-state index is 12.2. The molecule has 0 aliphatic rings. The molecule has 0 heterocycles. The van der Waals surface area contributed by atoms with Crippen molar-refractivity contribution in [2.75, 3.05) is 0 Å². The van der Waals surface area contributed by atoms with Gasteiger partial charge in [0, 0.05) is 22.0 Å². The highest BCUT2D eigenvalue weighted by atomic mass is 35.5. The van der Waals surface area contributed by atoms with Gasteiger partial charge in [0.05, 0.1) is 0 Å². The highest BCUT2D eigenvalue weighted by Gasteiger charge is 2.14. The Morgan fingerprint density at radius 1 is 1.17 bits per heavy atom. The van der Waals surface area contributed by atoms with Gasteiger partial charge in [0.2, 0.25) is 0 Å². The second-order valence-corrected chi connectivity index (χ2v) is 5.57. The summed E-state index contributed by atoms with van der Waals surface area (Å²) in [7, 11) is 0. The van der Waals surface area contributed by atoms with E-state index in [2.05, 4.69) is 13.8 Å². The third-order valence-electron chi connectivity index (χ3n) is 3.20. The van der Waals surface area contributed by atoms with Crippen molar-refractivity contribution in [3.05, 3.63) is 33.8 Å². The summed E-state index contributed by atoms with van der Waals surface area (Å²) in [5.74, 6) is 0.609. The van der Waals surface area contributed by atoms with E-state index in [1.807, 2.05) is 0 Å². The van der Waals surface area contributed by atoms with E-state index < -0.39 is 0 Å². The van der Waals surface area contributed by atoms with Crippen LogP contribution in [0.5, 0.6) is 0 Å². The predicted molar refractivity (Wildman–Crippen MR) is 78.7 cm³/mol. The third-order valence-corrected chi connectivity index (χ3v) is 3.64. The number of unbranched alkanes of at least 4 members (excludes halogenated alkanes) is 1. The van der Waals surface area contributed by atoms with Gasteiger partial charge in [0.25, 0.3) is 0 Å². The normalized spacial score (nSPS) is 12.4. The minimum atomic E-state index is 0.141. The monoisotopic (exact) mass is 286 g/mol. The van der Waals surface area contributed by atoms with Crippen molar-refractivity contribution in [1.29, 1.82) is 0 Å². The fourth-order valence-corrected chi connectivity index (χ4v) is 2.56. The lowest BCUT2D eigenvalue weighted by atomic mass is 9.91. The van der Waals surface area contributed by atoms with E-state index in [1.165, 1.54) is 12.8 Å². The topological polar surface area (TPSA) is 17.1 Å². The molecule has 0 spiro atoms. The summed E-state index contributed by atoms with van der Waals surface area (Å²) in [5.41, 5.74) is 0.627. The zero-order valence-corrected chi connectivity index (χ0v) is 12.5. The fourth-order valence-electron chi connectivity index (χ4n) is 2.04. The van der Waals surface area contributed by atoms with Crippen molar-refractivity contribution >= 4 is 29.0 Å². The Hall–Kier alpha value is -0.530. The standard InChI is InChI=1S/C15H20Cl2O/c1-3-5-6-11(4-2)7-15(18)12-8-13(16)10-14(17)9-12/h8-11H,3-7H2,1-2H3. The van der Waals surface area contributed by atoms with Crippen LogP contribution in [0.4, 0.5) is 0 Å². The number of carbonyl (C=O) groups excluding carboxylic acids is 1. The summed E-state index contributed by atoms with van der Waals surface area (Å²) >= 11 is 11.8. The fraction of sp³-hybridized carbons (Fsp3) is 0.533. The Morgan fingerprint density at radius 2 is 1.78 bits per heavy atom. The highest BCUT2D eigenvalue weighted by molar-refractivity contribution is 6.35. The lowest BCUT2D eigenvalue weighted by molar-refractivity contribution is 0.0957. The van der Waals surface area contributed by atoms with Crippen LogP contribution in [0.2, 0.25) is 10.0 Å². The number of Topliss-reactive ketones (excluding diaryl/α,β-unsaturated/α-hetero) is 1. The molecule has 1 atom stereocenters. The molecular weight excluding hydrogens is 267 g/mol. The Kier molecular flexibility index (Phi) is 6.73. The molecule has 0 fully saturated rings. The SMILES string of the molecule is CCCCC(CC)CC(=O)c1cc(Cl)cc(Cl)c1. The van der Waals surface area contributed by atoms with Crippen LogP contribution in [0.15, 0.2) is 18.2 Å². The summed E-state index contributed by atoms with van der Waals surface area (Å²) in [6.45, 7) is 4.31. The average Bonchev–Trinajstić information content (AvgIpc) is 2.32. The van der Waals surface area contributed by atoms with Gasteiger partial charge in [0.1, 0.15) is 0 Å². The second kappa shape index (κ2) is 7.81. The molecule has 0 bridgehead atoms. The van der Waals surface area contributed by atoms with Crippen LogP contribution >= 0.6 is 23.2 Å². The zero-order valence-electron chi connectivity index (χ0n) is 11.0. The number of ketones is 1. The van der Waals surface area contributed by atoms with Gasteiger partial charge < -0.3 is 0 Å². The van der Waals surface area contributed by atoms with Gasteiger partial charge in [-0.05, 0) is 24.1 Å². The quantitative estimate of drug-likeness (QED) is 0.581. The van der Waals surface area contributed by atoms with Gasteiger partial charge in [-0.2, -0.15) is 0 Å². The molecule has 1 aromatic carbocycles. The molecular formula is C15H20Cl2O. The van der Waals surface area contributed by atoms with Crippen LogP contribution in [0.1, 0.15) is 56.3 Å². The zero-order chi connectivity index (χ0) is 13.5. The molecule has 0 saturated carbocycles. The van der Waals surface area contributed by atoms with E-state index >= 15 is 0 Å². The van der Waals surface area contributed by atoms with E-state index in [0.29, 0.717) is 27.9 Å². The first-order chi connectivity index (χ1) is 8.56. The molecule has 0 radical (unpaired) electrons. The lowest BCUT2D eigenvalue weighted by Gasteiger charge is -2.13. The van der Waals surface area contributed by atoms with Gasteiger partial charge in [-0.15, -0.1) is 0 Å². The molecule has 0 amide bonds. The highest BCUT2D eigenvalue weighted by Crippen LogP contribution is 2.23. The Morgan fingerprint density at radius 3 is 2.28 bits per heavy atom. The summed E-state index contributed by atoms with van der Waals surface area (Å²) in [4.78, 5) is 12.2. The number of rotatable bonds is 7. The van der Waals surface area contributed by atoms with E-state index in [4.69, 9.17) is 23.2 Å². The van der Waals surface area contributed by atoms with E-state index in [0.717, 1.165) is 12.8 Å². The molecule has 1 unspecified atom stereocenters. The molecule has 0 N–H and O–H groups in total. The van der Waals surface area contributed by atoms with Crippen molar-refractivity contribution in [1.82, 2.24) is 0 Å². The minimum Gasteiger partial charge on any atom is -0.294 e. The molecule has 0 aromatic heterocycles. The Labute approximate surface area is 119 Å². The number of hydrogen-bond acceptors (Lipinski definition) is 1. The van der Waals surface area contributed by atoms with Crippen molar-refractivity contribution in [2.45, 2.75) is 46.0 Å². The van der Waals surface area contributed by atoms with Gasteiger partial charge in [-0.25, -0.2) is 0 Å². The van der Waals surface area contributed by atoms with Crippen LogP contribution in [-0.2, 0) is 0 Å². The van der Waals surface area contributed by atoms with Gasteiger partial charge in [-0.3, -0.25) is 4.79 Å². The van der Waals surface area contributed by atoms with Crippen molar-refractivity contribution in [2.24, 2.45) is 5.92 Å². The van der Waals surface area contributed by atoms with Crippen molar-refractivity contribution < 1.29 is 4.79 Å². The number of hydrogen-bond donors (Lipinski definition) is 0. The summed E-state index contributed by atoms with van der Waals surface area (Å²) < 4.78 is 0. The van der Waals surface area contributed by atoms with Crippen molar-refractivity contribution in [3.63, 3.8) is 0 Å². The molecule has 3 heteroatoms. The Bertz CT molecular complexity index is 381. The summed E-state index contributed by atoms with van der Waals surface area (Å²) in [6.07, 6.45) is 5.11. The van der Waals surface area contributed by atoms with Crippen LogP contribution in [0.3, 0.4) is 0 Å². The first-order valence-electron chi connectivity index (χ1n) is 6.56. The average molecular weight is 287 g/mol. The molecule has 100 valence electrons. The van der Waals surface area contributed by atoms with E-state index in [-0.39, 0.29) is 5.78 Å². The largest absolute Gasteiger partial charge is 0.294 e. The molecule has 1 nitrogen and oxygen atoms in total. The predicted octanol–water partition coefficient (Wildman–Crippen LogP) is 5.78. The van der Waals surface area contributed by atoms with Crippen LogP contribution < -0.4 is 0 Å². The molecule has 1 rings (SSSR count). The lowest BCUT2D eigenvalue weighted by Crippen LogP contribution is -2.08. The molecule has 0 saturated heterocycles. The van der Waals surface area contributed by atoms with Gasteiger partial charge in [0.15, 0.2) is 5.78 Å². The second-order valence-electron chi connectivity index (χ2n) is 4.70. The van der Waals surface area contributed by atoms with E-state index in [9.17, 15) is 4.79 Å². The Balaban J connectivity index is 2.68. The van der Waals surface area contributed by atoms with E-state index in [1.54, 1.807) is 18.2 Å². The smallest absolute Gasteiger partial charge is 0.163 e. The maximum atomic E-state index is 12.2. The first-order valence-corrected chi connectivity index (χ1v) is 7.31. The molecule has 0 aliphatic carbocycles. The summed E-state index contributed by atoms with van der Waals surface area (Å²) in [5, 5.41) is 1.04. The van der Waals surface area contributed by atoms with Gasteiger partial charge in [-0.1, -0.05) is 62.7 Å². The number of carbonyl (C=O) groups is 1. The van der Waals surface area contributed by atoms with Crippen LogP contribution in [0, 0.1) is 5.92 Å². The first kappa shape index (κ1) is 15.5. The molecule has 0 aliphatic heterocycles. The molecule has 18 heavy (non-hydrogen) atoms.